The first kappa shape index (κ1) is 12.2. The van der Waals surface area contributed by atoms with Crippen molar-refractivity contribution in [3.63, 3.8) is 0 Å². The molecule has 1 aromatic carbocycles. The van der Waals surface area contributed by atoms with Gasteiger partial charge < -0.3 is 11.1 Å². The normalized spacial score (nSPS) is 10.7. The van der Waals surface area contributed by atoms with Gasteiger partial charge in [0.25, 0.3) is 5.91 Å². The van der Waals surface area contributed by atoms with Crippen molar-refractivity contribution in [1.82, 2.24) is 9.38 Å². The van der Waals surface area contributed by atoms with Crippen LogP contribution in [-0.2, 0) is 0 Å². The largest absolute Gasteiger partial charge is 0.382 e. The van der Waals surface area contributed by atoms with Crippen molar-refractivity contribution >= 4 is 23.1 Å². The molecule has 2 heterocycles. The quantitative estimate of drug-likeness (QED) is 0.748. The number of pyridine rings is 1. The van der Waals surface area contributed by atoms with Gasteiger partial charge >= 0.3 is 0 Å². The second kappa shape index (κ2) is 4.70. The van der Waals surface area contributed by atoms with Gasteiger partial charge in [-0.2, -0.15) is 0 Å². The van der Waals surface area contributed by atoms with E-state index in [9.17, 15) is 4.79 Å². The Balaban J connectivity index is 2.06. The number of amides is 1. The summed E-state index contributed by atoms with van der Waals surface area (Å²) in [5.41, 5.74) is 8.54. The summed E-state index contributed by atoms with van der Waals surface area (Å²) in [6, 6.07) is 14.9. The van der Waals surface area contributed by atoms with Gasteiger partial charge in [0.1, 0.15) is 5.65 Å². The maximum Gasteiger partial charge on any atom is 0.276 e. The molecule has 1 amide bonds. The number of nitrogen functional groups attached to an aromatic ring is 1. The summed E-state index contributed by atoms with van der Waals surface area (Å²) < 4.78 is 1.76. The van der Waals surface area contributed by atoms with Crippen LogP contribution in [0.4, 0.5) is 11.5 Å². The van der Waals surface area contributed by atoms with Crippen LogP contribution in [0.25, 0.3) is 5.65 Å². The Morgan fingerprint density at radius 2 is 1.90 bits per heavy atom. The lowest BCUT2D eigenvalue weighted by atomic mass is 10.3. The molecule has 0 aliphatic carbocycles. The molecule has 0 saturated heterocycles. The van der Waals surface area contributed by atoms with Gasteiger partial charge in [0.05, 0.1) is 0 Å². The van der Waals surface area contributed by atoms with Crippen molar-refractivity contribution in [3.05, 3.63) is 59.9 Å². The second-order valence-electron chi connectivity index (χ2n) is 4.53. The number of hydrogen-bond acceptors (Lipinski definition) is 3. The molecule has 0 unspecified atom stereocenters. The Morgan fingerprint density at radius 3 is 2.65 bits per heavy atom. The fraction of sp³-hybridized carbons (Fsp3) is 0.0667. The Morgan fingerprint density at radius 1 is 1.15 bits per heavy atom. The number of para-hydroxylation sites is 1. The zero-order valence-corrected chi connectivity index (χ0v) is 11.0. The monoisotopic (exact) mass is 266 g/mol. The number of aromatic nitrogens is 2. The van der Waals surface area contributed by atoms with Crippen LogP contribution in [0.15, 0.2) is 48.5 Å². The number of anilines is 2. The SMILES string of the molecule is Cc1cccc2nc(N)c(C(=O)Nc3ccccc3)n12. The lowest BCUT2D eigenvalue weighted by Gasteiger charge is -2.07. The topological polar surface area (TPSA) is 72.4 Å². The van der Waals surface area contributed by atoms with E-state index in [1.54, 1.807) is 4.40 Å². The molecule has 5 heteroatoms. The second-order valence-corrected chi connectivity index (χ2v) is 4.53. The minimum absolute atomic E-state index is 0.229. The molecular formula is C15H14N4O. The smallest absolute Gasteiger partial charge is 0.276 e. The highest BCUT2D eigenvalue weighted by atomic mass is 16.2. The summed E-state index contributed by atoms with van der Waals surface area (Å²) in [5, 5.41) is 2.82. The van der Waals surface area contributed by atoms with Gasteiger partial charge in [-0.15, -0.1) is 0 Å². The lowest BCUT2D eigenvalue weighted by Crippen LogP contribution is -2.16. The zero-order chi connectivity index (χ0) is 14.1. The minimum Gasteiger partial charge on any atom is -0.382 e. The maximum absolute atomic E-state index is 12.4. The summed E-state index contributed by atoms with van der Waals surface area (Å²) in [4.78, 5) is 16.6. The van der Waals surface area contributed by atoms with Crippen LogP contribution in [0.3, 0.4) is 0 Å². The Kier molecular flexibility index (Phi) is 2.87. The summed E-state index contributed by atoms with van der Waals surface area (Å²) >= 11 is 0. The van der Waals surface area contributed by atoms with Gasteiger partial charge in [0.15, 0.2) is 11.5 Å². The fourth-order valence-corrected chi connectivity index (χ4v) is 2.20. The number of hydrogen-bond donors (Lipinski definition) is 2. The number of nitrogens with zero attached hydrogens (tertiary/aromatic N) is 2. The van der Waals surface area contributed by atoms with E-state index in [1.807, 2.05) is 55.5 Å². The van der Waals surface area contributed by atoms with Crippen molar-refractivity contribution in [3.8, 4) is 0 Å². The van der Waals surface area contributed by atoms with Gasteiger partial charge in [-0.25, -0.2) is 4.98 Å². The minimum atomic E-state index is -0.268. The van der Waals surface area contributed by atoms with Gasteiger partial charge in [-0.05, 0) is 31.2 Å². The lowest BCUT2D eigenvalue weighted by molar-refractivity contribution is 0.102. The van der Waals surface area contributed by atoms with Crippen LogP contribution < -0.4 is 11.1 Å². The molecular weight excluding hydrogens is 252 g/mol. The Hall–Kier alpha value is -2.82. The molecule has 0 aliphatic rings. The number of carbonyl (C=O) groups is 1. The van der Waals surface area contributed by atoms with E-state index in [-0.39, 0.29) is 11.7 Å². The highest BCUT2D eigenvalue weighted by molar-refractivity contribution is 6.06. The first-order chi connectivity index (χ1) is 9.66. The molecule has 2 aromatic heterocycles. The van der Waals surface area contributed by atoms with Gasteiger partial charge in [-0.1, -0.05) is 24.3 Å². The number of nitrogens with two attached hydrogens (primary N) is 1. The van der Waals surface area contributed by atoms with Crippen LogP contribution in [0, 0.1) is 6.92 Å². The highest BCUT2D eigenvalue weighted by Gasteiger charge is 2.18. The van der Waals surface area contributed by atoms with E-state index in [4.69, 9.17) is 5.73 Å². The van der Waals surface area contributed by atoms with Crippen molar-refractivity contribution < 1.29 is 4.79 Å². The van der Waals surface area contributed by atoms with Crippen molar-refractivity contribution in [2.24, 2.45) is 0 Å². The molecule has 0 spiro atoms. The van der Waals surface area contributed by atoms with Crippen LogP contribution in [0.5, 0.6) is 0 Å². The molecule has 3 rings (SSSR count). The Labute approximate surface area is 116 Å². The fourth-order valence-electron chi connectivity index (χ4n) is 2.20. The molecule has 0 aliphatic heterocycles. The average molecular weight is 266 g/mol. The number of nitrogens with one attached hydrogen (secondary N) is 1. The van der Waals surface area contributed by atoms with E-state index in [2.05, 4.69) is 10.3 Å². The van der Waals surface area contributed by atoms with E-state index in [0.29, 0.717) is 11.3 Å². The van der Waals surface area contributed by atoms with Crippen LogP contribution >= 0.6 is 0 Å². The Bertz CT molecular complexity index is 777. The maximum atomic E-state index is 12.4. The molecule has 3 aromatic rings. The summed E-state index contributed by atoms with van der Waals surface area (Å²) in [6.07, 6.45) is 0. The van der Waals surface area contributed by atoms with Crippen molar-refractivity contribution in [2.75, 3.05) is 11.1 Å². The zero-order valence-electron chi connectivity index (χ0n) is 11.0. The summed E-state index contributed by atoms with van der Waals surface area (Å²) in [7, 11) is 0. The molecule has 3 N–H and O–H groups in total. The molecule has 5 nitrogen and oxygen atoms in total. The molecule has 0 radical (unpaired) electrons. The van der Waals surface area contributed by atoms with E-state index in [1.165, 1.54) is 0 Å². The standard InChI is InChI=1S/C15H14N4O/c1-10-6-5-9-12-18-14(16)13(19(10)12)15(20)17-11-7-3-2-4-8-11/h2-9H,16H2,1H3,(H,17,20). The predicted octanol–water partition coefficient (Wildman–Crippen LogP) is 2.48. The number of aryl methyl sites for hydroxylation is 1. The third-order valence-electron chi connectivity index (χ3n) is 3.11. The molecule has 0 fully saturated rings. The summed E-state index contributed by atoms with van der Waals surface area (Å²) in [6.45, 7) is 1.91. The number of imidazole rings is 1. The number of carbonyl (C=O) groups excluding carboxylic acids is 1. The first-order valence-electron chi connectivity index (χ1n) is 6.27. The number of rotatable bonds is 2. The van der Waals surface area contributed by atoms with Crippen LogP contribution in [0.1, 0.15) is 16.2 Å². The van der Waals surface area contributed by atoms with E-state index < -0.39 is 0 Å². The molecule has 0 atom stereocenters. The third kappa shape index (κ3) is 1.99. The van der Waals surface area contributed by atoms with Gasteiger partial charge in [0.2, 0.25) is 0 Å². The van der Waals surface area contributed by atoms with Crippen LogP contribution in [-0.4, -0.2) is 15.3 Å². The van der Waals surface area contributed by atoms with Crippen molar-refractivity contribution in [1.29, 1.82) is 0 Å². The average Bonchev–Trinajstić information content (AvgIpc) is 2.77. The van der Waals surface area contributed by atoms with Gasteiger partial charge in [-0.3, -0.25) is 9.20 Å². The summed E-state index contributed by atoms with van der Waals surface area (Å²) in [5.74, 6) is -0.0387. The molecule has 0 bridgehead atoms. The number of fused-ring (bicyclic) bond motifs is 1. The molecule has 20 heavy (non-hydrogen) atoms. The highest BCUT2D eigenvalue weighted by Crippen LogP contribution is 2.18. The molecule has 0 saturated carbocycles. The number of benzene rings is 1. The van der Waals surface area contributed by atoms with E-state index >= 15 is 0 Å². The van der Waals surface area contributed by atoms with Crippen molar-refractivity contribution in [2.45, 2.75) is 6.92 Å². The molecule has 100 valence electrons. The van der Waals surface area contributed by atoms with E-state index in [0.717, 1.165) is 11.4 Å². The van der Waals surface area contributed by atoms with Crippen LogP contribution in [0.2, 0.25) is 0 Å². The third-order valence-corrected chi connectivity index (χ3v) is 3.11. The first-order valence-corrected chi connectivity index (χ1v) is 6.27. The van der Waals surface area contributed by atoms with Gasteiger partial charge in [0, 0.05) is 11.4 Å². The predicted molar refractivity (Wildman–Crippen MR) is 78.7 cm³/mol.